The molecule has 1 aliphatic rings. The van der Waals surface area contributed by atoms with Gasteiger partial charge < -0.3 is 10.4 Å². The molecule has 0 aromatic rings. The quantitative estimate of drug-likeness (QED) is 0.717. The van der Waals surface area contributed by atoms with Gasteiger partial charge in [0.05, 0.1) is 12.4 Å². The standard InChI is InChI=1S/C11H24N2O3S/c1-3-4-11(14)9-12-10-5-7-13(8-6-10)17(2,15)16/h10-12,14H,3-9H2,1-2H3. The van der Waals surface area contributed by atoms with Gasteiger partial charge in [-0.3, -0.25) is 0 Å². The minimum atomic E-state index is -3.03. The smallest absolute Gasteiger partial charge is 0.211 e. The number of aliphatic hydroxyl groups is 1. The Kier molecular flexibility index (Phi) is 5.85. The zero-order valence-corrected chi connectivity index (χ0v) is 11.5. The molecule has 1 atom stereocenters. The highest BCUT2D eigenvalue weighted by molar-refractivity contribution is 7.88. The molecule has 1 aliphatic heterocycles. The molecule has 1 heterocycles. The number of nitrogens with zero attached hydrogens (tertiary/aromatic N) is 1. The molecule has 102 valence electrons. The van der Waals surface area contributed by atoms with Crippen LogP contribution in [-0.4, -0.2) is 55.9 Å². The Labute approximate surface area is 104 Å². The van der Waals surface area contributed by atoms with Crippen molar-refractivity contribution < 1.29 is 13.5 Å². The lowest BCUT2D eigenvalue weighted by Crippen LogP contribution is -2.46. The molecule has 17 heavy (non-hydrogen) atoms. The van der Waals surface area contributed by atoms with Crippen LogP contribution >= 0.6 is 0 Å². The maximum Gasteiger partial charge on any atom is 0.211 e. The van der Waals surface area contributed by atoms with Crippen LogP contribution < -0.4 is 5.32 Å². The van der Waals surface area contributed by atoms with Gasteiger partial charge in [-0.1, -0.05) is 13.3 Å². The molecule has 5 nitrogen and oxygen atoms in total. The van der Waals surface area contributed by atoms with Crippen molar-refractivity contribution in [2.45, 2.75) is 44.8 Å². The van der Waals surface area contributed by atoms with E-state index in [1.807, 2.05) is 6.92 Å². The van der Waals surface area contributed by atoms with E-state index in [0.717, 1.165) is 25.7 Å². The number of hydrogen-bond donors (Lipinski definition) is 2. The van der Waals surface area contributed by atoms with Crippen molar-refractivity contribution in [3.8, 4) is 0 Å². The van der Waals surface area contributed by atoms with Crippen LogP contribution in [0.1, 0.15) is 32.6 Å². The van der Waals surface area contributed by atoms with E-state index in [1.165, 1.54) is 10.6 Å². The van der Waals surface area contributed by atoms with Crippen LogP contribution in [0.3, 0.4) is 0 Å². The molecule has 1 fully saturated rings. The third kappa shape index (κ3) is 5.33. The van der Waals surface area contributed by atoms with Crippen molar-refractivity contribution in [2.75, 3.05) is 25.9 Å². The summed E-state index contributed by atoms with van der Waals surface area (Å²) in [6, 6.07) is 0.333. The highest BCUT2D eigenvalue weighted by atomic mass is 32.2. The molecule has 6 heteroatoms. The monoisotopic (exact) mass is 264 g/mol. The SMILES string of the molecule is CCCC(O)CNC1CCN(S(C)(=O)=O)CC1. The second kappa shape index (κ2) is 6.68. The predicted octanol–water partition coefficient (Wildman–Crippen LogP) is 0.161. The maximum absolute atomic E-state index is 11.3. The van der Waals surface area contributed by atoms with Crippen LogP contribution in [0.25, 0.3) is 0 Å². The highest BCUT2D eigenvalue weighted by Gasteiger charge is 2.24. The maximum atomic E-state index is 11.3. The molecule has 2 N–H and O–H groups in total. The van der Waals surface area contributed by atoms with Crippen LogP contribution in [0, 0.1) is 0 Å². The average molecular weight is 264 g/mol. The Morgan fingerprint density at radius 2 is 2.00 bits per heavy atom. The summed E-state index contributed by atoms with van der Waals surface area (Å²) in [5, 5.41) is 12.9. The number of rotatable bonds is 6. The Morgan fingerprint density at radius 1 is 1.41 bits per heavy atom. The molecular weight excluding hydrogens is 240 g/mol. The second-order valence-corrected chi connectivity index (χ2v) is 6.77. The average Bonchev–Trinajstić information content (AvgIpc) is 2.26. The van der Waals surface area contributed by atoms with Crippen molar-refractivity contribution >= 4 is 10.0 Å². The lowest BCUT2D eigenvalue weighted by molar-refractivity contribution is 0.150. The van der Waals surface area contributed by atoms with Gasteiger partial charge in [0.15, 0.2) is 0 Å². The Morgan fingerprint density at radius 3 is 2.47 bits per heavy atom. The molecule has 1 saturated heterocycles. The molecule has 0 saturated carbocycles. The summed E-state index contributed by atoms with van der Waals surface area (Å²) in [6.07, 6.45) is 4.42. The van der Waals surface area contributed by atoms with Gasteiger partial charge >= 0.3 is 0 Å². The van der Waals surface area contributed by atoms with E-state index in [-0.39, 0.29) is 6.10 Å². The van der Waals surface area contributed by atoms with Crippen molar-refractivity contribution in [3.63, 3.8) is 0 Å². The molecule has 0 aromatic carbocycles. The molecule has 1 rings (SSSR count). The summed E-state index contributed by atoms with van der Waals surface area (Å²) < 4.78 is 24.1. The Hall–Kier alpha value is -0.170. The first-order chi connectivity index (χ1) is 7.93. The van der Waals surface area contributed by atoms with Crippen LogP contribution in [0.2, 0.25) is 0 Å². The van der Waals surface area contributed by atoms with E-state index in [9.17, 15) is 13.5 Å². The van der Waals surface area contributed by atoms with E-state index in [4.69, 9.17) is 0 Å². The lowest BCUT2D eigenvalue weighted by atomic mass is 10.1. The van der Waals surface area contributed by atoms with Gasteiger partial charge in [-0.2, -0.15) is 0 Å². The zero-order valence-electron chi connectivity index (χ0n) is 10.7. The number of sulfonamides is 1. The molecule has 1 unspecified atom stereocenters. The van der Waals surface area contributed by atoms with Crippen LogP contribution in [-0.2, 0) is 10.0 Å². The lowest BCUT2D eigenvalue weighted by Gasteiger charge is -2.31. The van der Waals surface area contributed by atoms with Crippen LogP contribution in [0.15, 0.2) is 0 Å². The highest BCUT2D eigenvalue weighted by Crippen LogP contribution is 2.13. The minimum absolute atomic E-state index is 0.284. The summed E-state index contributed by atoms with van der Waals surface area (Å²) in [7, 11) is -3.03. The topological polar surface area (TPSA) is 69.6 Å². The van der Waals surface area contributed by atoms with E-state index in [0.29, 0.717) is 25.7 Å². The number of nitrogens with one attached hydrogen (secondary N) is 1. The van der Waals surface area contributed by atoms with Crippen molar-refractivity contribution in [3.05, 3.63) is 0 Å². The van der Waals surface area contributed by atoms with E-state index >= 15 is 0 Å². The molecule has 0 bridgehead atoms. The third-order valence-electron chi connectivity index (χ3n) is 3.19. The molecule has 0 spiro atoms. The van der Waals surface area contributed by atoms with Gasteiger partial charge in [-0.05, 0) is 19.3 Å². The summed E-state index contributed by atoms with van der Waals surface area (Å²) >= 11 is 0. The summed E-state index contributed by atoms with van der Waals surface area (Å²) in [6.45, 7) is 3.83. The van der Waals surface area contributed by atoms with Crippen molar-refractivity contribution in [2.24, 2.45) is 0 Å². The van der Waals surface area contributed by atoms with Gasteiger partial charge in [0.1, 0.15) is 0 Å². The molecule has 0 aromatic heterocycles. The predicted molar refractivity (Wildman–Crippen MR) is 68.4 cm³/mol. The molecule has 0 amide bonds. The fourth-order valence-electron chi connectivity index (χ4n) is 2.13. The summed E-state index contributed by atoms with van der Waals surface area (Å²) in [4.78, 5) is 0. The Bertz CT molecular complexity index is 311. The number of hydrogen-bond acceptors (Lipinski definition) is 4. The van der Waals surface area contributed by atoms with Gasteiger partial charge in [0.25, 0.3) is 0 Å². The largest absolute Gasteiger partial charge is 0.392 e. The molecule has 0 radical (unpaired) electrons. The first-order valence-corrected chi connectivity index (χ1v) is 8.15. The Balaban J connectivity index is 2.24. The second-order valence-electron chi connectivity index (χ2n) is 4.79. The van der Waals surface area contributed by atoms with Gasteiger partial charge in [0, 0.05) is 25.7 Å². The van der Waals surface area contributed by atoms with E-state index in [2.05, 4.69) is 5.32 Å². The number of piperidine rings is 1. The third-order valence-corrected chi connectivity index (χ3v) is 4.49. The van der Waals surface area contributed by atoms with E-state index < -0.39 is 10.0 Å². The fraction of sp³-hybridized carbons (Fsp3) is 1.00. The van der Waals surface area contributed by atoms with Crippen LogP contribution in [0.5, 0.6) is 0 Å². The first kappa shape index (κ1) is 14.9. The molecular formula is C11H24N2O3S. The van der Waals surface area contributed by atoms with Gasteiger partial charge in [0.2, 0.25) is 10.0 Å². The fourth-order valence-corrected chi connectivity index (χ4v) is 3.00. The van der Waals surface area contributed by atoms with Crippen molar-refractivity contribution in [1.82, 2.24) is 9.62 Å². The minimum Gasteiger partial charge on any atom is -0.392 e. The number of aliphatic hydroxyl groups excluding tert-OH is 1. The van der Waals surface area contributed by atoms with Gasteiger partial charge in [-0.25, -0.2) is 12.7 Å². The zero-order chi connectivity index (χ0) is 12.9. The summed E-state index contributed by atoms with van der Waals surface area (Å²) in [5.41, 5.74) is 0. The van der Waals surface area contributed by atoms with Crippen LogP contribution in [0.4, 0.5) is 0 Å². The first-order valence-electron chi connectivity index (χ1n) is 6.30. The van der Waals surface area contributed by atoms with Gasteiger partial charge in [-0.15, -0.1) is 0 Å². The van der Waals surface area contributed by atoms with Crippen molar-refractivity contribution in [1.29, 1.82) is 0 Å². The van der Waals surface area contributed by atoms with E-state index in [1.54, 1.807) is 0 Å². The summed E-state index contributed by atoms with van der Waals surface area (Å²) in [5.74, 6) is 0. The normalized spacial score (nSPS) is 21.6. The molecule has 0 aliphatic carbocycles.